The smallest absolute Gasteiger partial charge is 0.0894 e. The van der Waals surface area contributed by atoms with Crippen molar-refractivity contribution < 1.29 is 0 Å². The highest BCUT2D eigenvalue weighted by Gasteiger charge is 2.22. The average Bonchev–Trinajstić information content (AvgIpc) is 3.54. The third-order valence-electron chi connectivity index (χ3n) is 13.9. The van der Waals surface area contributed by atoms with E-state index in [1.165, 1.54) is 0 Å². The summed E-state index contributed by atoms with van der Waals surface area (Å²) in [4.78, 5) is 57.2. The number of aromatic nitrogens is 11. The molecule has 374 valence electrons. The van der Waals surface area contributed by atoms with Crippen LogP contribution >= 0.6 is 0 Å². The highest BCUT2D eigenvalue weighted by molar-refractivity contribution is 6.03. The van der Waals surface area contributed by atoms with Crippen molar-refractivity contribution in [1.82, 2.24) is 54.8 Å². The Morgan fingerprint density at radius 2 is 0.608 bits per heavy atom. The zero-order valence-electron chi connectivity index (χ0n) is 42.7. The number of allylic oxidation sites excluding steroid dienone is 1. The van der Waals surface area contributed by atoms with Crippen molar-refractivity contribution in [3.8, 4) is 113 Å². The lowest BCUT2D eigenvalue weighted by Gasteiger charge is -2.22. The molecule has 1 atom stereocenters. The third kappa shape index (κ3) is 10.4. The minimum atomic E-state index is 0.0767. The van der Waals surface area contributed by atoms with Crippen LogP contribution in [0.3, 0.4) is 0 Å². The molecule has 0 saturated heterocycles. The number of nitrogens with zero attached hydrogens (tertiary/aromatic N) is 12. The van der Waals surface area contributed by atoms with E-state index in [0.717, 1.165) is 142 Å². The molecule has 0 spiro atoms. The van der Waals surface area contributed by atoms with Crippen LogP contribution in [0, 0.1) is 5.92 Å². The first-order valence-electron chi connectivity index (χ1n) is 25.9. The summed E-state index contributed by atoms with van der Waals surface area (Å²) in [6.07, 6.45) is 23.0. The summed E-state index contributed by atoms with van der Waals surface area (Å²) in [6.45, 7) is 2.21. The van der Waals surface area contributed by atoms with Gasteiger partial charge in [0, 0.05) is 125 Å². The summed E-state index contributed by atoms with van der Waals surface area (Å²) in [5.41, 5.74) is 21.5. The standard InChI is InChI=1S/C67H46N12/c1-43-30-55(42-76-67(43)66-16-4-15-65(79-66)60-24-19-49(39-73-60)46-10-7-29-70-36-46)54-32-52(50-20-25-58(74-40-50)63-13-2-11-61(77-63)56-22-17-47(37-71-56)44-8-5-27-68-34-44)31-53(33-54)51-21-26-59(75-41-51)64-14-3-12-62(78-64)57-23-18-48(38-72-57)45-9-6-28-69-35-45/h2-29,31-43H,30H2,1H3. The largest absolute Gasteiger partial charge is 0.264 e. The van der Waals surface area contributed by atoms with Crippen molar-refractivity contribution in [2.45, 2.75) is 13.3 Å². The molecule has 0 aliphatic carbocycles. The summed E-state index contributed by atoms with van der Waals surface area (Å²) in [6, 6.07) is 56.8. The Morgan fingerprint density at radius 3 is 0.924 bits per heavy atom. The monoisotopic (exact) mass is 1020 g/mol. The van der Waals surface area contributed by atoms with Crippen molar-refractivity contribution in [2.75, 3.05) is 0 Å². The Balaban J connectivity index is 0.807. The second kappa shape index (κ2) is 21.5. The Bertz CT molecular complexity index is 3990. The first-order chi connectivity index (χ1) is 39.0. The van der Waals surface area contributed by atoms with Crippen LogP contribution in [0.25, 0.3) is 118 Å². The molecule has 0 saturated carbocycles. The molecule has 11 aromatic heterocycles. The zero-order chi connectivity index (χ0) is 52.9. The molecular formula is C67H46N12. The molecule has 0 fully saturated rings. The average molecular weight is 1020 g/mol. The SMILES string of the molecule is CC1CC(c2cc(-c3ccc(-c4cccc(-c5ccc(-c6cccnc6)cn5)n4)nc3)cc(-c3ccc(-c4cccc(-c5ccc(-c6cccnc6)cn5)n4)nc3)c2)=CN=C1c1cccc(-c2ccc(-c3cccnc3)cn2)n1. The van der Waals surface area contributed by atoms with Crippen LogP contribution in [-0.2, 0) is 0 Å². The molecule has 1 aliphatic heterocycles. The molecule has 1 aliphatic rings. The van der Waals surface area contributed by atoms with Crippen molar-refractivity contribution in [2.24, 2.45) is 10.9 Å². The molecule has 1 unspecified atom stereocenters. The summed E-state index contributed by atoms with van der Waals surface area (Å²) in [5.74, 6) is 0.0767. The molecule has 79 heavy (non-hydrogen) atoms. The van der Waals surface area contributed by atoms with E-state index in [2.05, 4.69) is 58.3 Å². The molecule has 0 radical (unpaired) electrons. The van der Waals surface area contributed by atoms with Crippen LogP contribution in [0.2, 0.25) is 0 Å². The highest BCUT2D eigenvalue weighted by Crippen LogP contribution is 2.37. The fourth-order valence-electron chi connectivity index (χ4n) is 9.75. The lowest BCUT2D eigenvalue weighted by Crippen LogP contribution is -2.17. The third-order valence-corrected chi connectivity index (χ3v) is 13.9. The van der Waals surface area contributed by atoms with Gasteiger partial charge in [-0.3, -0.25) is 44.9 Å². The van der Waals surface area contributed by atoms with E-state index in [9.17, 15) is 0 Å². The molecule has 0 bridgehead atoms. The molecule has 0 N–H and O–H groups in total. The van der Waals surface area contributed by atoms with Gasteiger partial charge >= 0.3 is 0 Å². The van der Waals surface area contributed by atoms with Crippen LogP contribution < -0.4 is 0 Å². The predicted molar refractivity (Wildman–Crippen MR) is 311 cm³/mol. The van der Waals surface area contributed by atoms with Gasteiger partial charge in [0.1, 0.15) is 0 Å². The van der Waals surface area contributed by atoms with E-state index >= 15 is 0 Å². The Labute approximate surface area is 456 Å². The topological polar surface area (TPSA) is 154 Å². The fourth-order valence-corrected chi connectivity index (χ4v) is 9.75. The molecule has 12 heterocycles. The van der Waals surface area contributed by atoms with E-state index in [0.29, 0.717) is 0 Å². The van der Waals surface area contributed by atoms with Gasteiger partial charge in [0.15, 0.2) is 0 Å². The van der Waals surface area contributed by atoms with E-state index in [4.69, 9.17) is 44.9 Å². The number of aliphatic imine (C=N–C) groups is 1. The van der Waals surface area contributed by atoms with Gasteiger partial charge in [-0.25, -0.2) is 15.0 Å². The van der Waals surface area contributed by atoms with Gasteiger partial charge in [-0.2, -0.15) is 0 Å². The Morgan fingerprint density at radius 1 is 0.291 bits per heavy atom. The van der Waals surface area contributed by atoms with Crippen molar-refractivity contribution in [3.05, 3.63) is 255 Å². The van der Waals surface area contributed by atoms with Gasteiger partial charge < -0.3 is 0 Å². The van der Waals surface area contributed by atoms with Crippen LogP contribution in [0.15, 0.2) is 249 Å². The van der Waals surface area contributed by atoms with Gasteiger partial charge in [-0.15, -0.1) is 0 Å². The lowest BCUT2D eigenvalue weighted by molar-refractivity contribution is 0.788. The summed E-state index contributed by atoms with van der Waals surface area (Å²) in [7, 11) is 0. The van der Waals surface area contributed by atoms with Crippen LogP contribution in [0.4, 0.5) is 0 Å². The zero-order valence-corrected chi connectivity index (χ0v) is 42.7. The first kappa shape index (κ1) is 48.0. The van der Waals surface area contributed by atoms with Gasteiger partial charge in [0.05, 0.1) is 68.3 Å². The quantitative estimate of drug-likeness (QED) is 0.115. The van der Waals surface area contributed by atoms with Crippen molar-refractivity contribution in [1.29, 1.82) is 0 Å². The first-order valence-corrected chi connectivity index (χ1v) is 25.9. The molecule has 12 aromatic rings. The molecule has 12 heteroatoms. The van der Waals surface area contributed by atoms with E-state index in [-0.39, 0.29) is 5.92 Å². The number of hydrogen-bond donors (Lipinski definition) is 0. The maximum atomic E-state index is 5.13. The van der Waals surface area contributed by atoms with Crippen molar-refractivity contribution in [3.63, 3.8) is 0 Å². The maximum absolute atomic E-state index is 5.13. The van der Waals surface area contributed by atoms with E-state index in [1.807, 2.05) is 189 Å². The van der Waals surface area contributed by atoms with Crippen LogP contribution in [0.1, 0.15) is 24.6 Å². The number of benzene rings is 1. The number of pyridine rings is 11. The summed E-state index contributed by atoms with van der Waals surface area (Å²) < 4.78 is 0. The summed E-state index contributed by atoms with van der Waals surface area (Å²) in [5, 5.41) is 0. The molecular weight excluding hydrogens is 973 g/mol. The van der Waals surface area contributed by atoms with Gasteiger partial charge in [0.25, 0.3) is 0 Å². The normalized spacial score (nSPS) is 13.1. The molecule has 12 nitrogen and oxygen atoms in total. The van der Waals surface area contributed by atoms with E-state index in [1.54, 1.807) is 18.6 Å². The minimum Gasteiger partial charge on any atom is -0.264 e. The highest BCUT2D eigenvalue weighted by atomic mass is 14.8. The minimum absolute atomic E-state index is 0.0767. The number of hydrogen-bond acceptors (Lipinski definition) is 12. The van der Waals surface area contributed by atoms with Gasteiger partial charge in [-0.05, 0) is 132 Å². The Kier molecular flexibility index (Phi) is 13.0. The molecule has 13 rings (SSSR count). The second-order valence-electron chi connectivity index (χ2n) is 19.2. The van der Waals surface area contributed by atoms with Crippen LogP contribution in [-0.4, -0.2) is 60.5 Å². The van der Waals surface area contributed by atoms with Gasteiger partial charge in [0.2, 0.25) is 0 Å². The van der Waals surface area contributed by atoms with Crippen LogP contribution in [0.5, 0.6) is 0 Å². The molecule has 0 amide bonds. The lowest BCUT2D eigenvalue weighted by atomic mass is 9.87. The molecule has 1 aromatic carbocycles. The Hall–Kier alpha value is -10.7. The van der Waals surface area contributed by atoms with Gasteiger partial charge in [-0.1, -0.05) is 73.7 Å². The summed E-state index contributed by atoms with van der Waals surface area (Å²) >= 11 is 0. The number of rotatable bonds is 12. The second-order valence-corrected chi connectivity index (χ2v) is 19.2. The maximum Gasteiger partial charge on any atom is 0.0894 e. The van der Waals surface area contributed by atoms with E-state index < -0.39 is 0 Å². The predicted octanol–water partition coefficient (Wildman–Crippen LogP) is 14.6. The van der Waals surface area contributed by atoms with Crippen molar-refractivity contribution >= 4 is 11.3 Å². The fraction of sp³-hybridized carbons (Fsp3) is 0.0448.